The van der Waals surface area contributed by atoms with Crippen molar-refractivity contribution in [3.05, 3.63) is 0 Å². The number of nitrogens with one attached hydrogen (secondary N) is 1. The van der Waals surface area contributed by atoms with E-state index >= 15 is 0 Å². The molecule has 0 radical (unpaired) electrons. The van der Waals surface area contributed by atoms with Crippen molar-refractivity contribution in [2.45, 2.75) is 57.9 Å². The van der Waals surface area contributed by atoms with Gasteiger partial charge >= 0.3 is 0 Å². The van der Waals surface area contributed by atoms with E-state index in [2.05, 4.69) is 19.2 Å². The maximum absolute atomic E-state index is 12.0. The molecule has 3 N–H and O–H groups in total. The van der Waals surface area contributed by atoms with Crippen molar-refractivity contribution < 1.29 is 4.79 Å². The van der Waals surface area contributed by atoms with Gasteiger partial charge in [0.25, 0.3) is 0 Å². The van der Waals surface area contributed by atoms with Gasteiger partial charge in [0.1, 0.15) is 0 Å². The van der Waals surface area contributed by atoms with Gasteiger partial charge in [-0.25, -0.2) is 0 Å². The summed E-state index contributed by atoms with van der Waals surface area (Å²) in [5, 5.41) is 3.16. The third kappa shape index (κ3) is 2.94. The van der Waals surface area contributed by atoms with Gasteiger partial charge in [-0.2, -0.15) is 0 Å². The fourth-order valence-electron chi connectivity index (χ4n) is 2.32. The van der Waals surface area contributed by atoms with Crippen molar-refractivity contribution in [3.8, 4) is 0 Å². The highest BCUT2D eigenvalue weighted by Crippen LogP contribution is 2.26. The molecule has 3 heteroatoms. The fraction of sp³-hybridized carbons (Fsp3) is 0.917. The number of hydrogen-bond donors (Lipinski definition) is 2. The minimum atomic E-state index is -0.167. The summed E-state index contributed by atoms with van der Waals surface area (Å²) >= 11 is 0. The first-order valence-electron chi connectivity index (χ1n) is 6.19. The first-order valence-corrected chi connectivity index (χ1v) is 6.19. The van der Waals surface area contributed by atoms with Crippen LogP contribution in [0.15, 0.2) is 0 Å². The molecule has 0 atom stereocenters. The summed E-state index contributed by atoms with van der Waals surface area (Å²) in [5.41, 5.74) is 5.59. The monoisotopic (exact) mass is 212 g/mol. The normalized spacial score (nSPS) is 18.1. The van der Waals surface area contributed by atoms with E-state index in [1.165, 1.54) is 12.8 Å². The molecule has 1 aliphatic carbocycles. The van der Waals surface area contributed by atoms with Gasteiger partial charge in [-0.05, 0) is 25.7 Å². The zero-order chi connectivity index (χ0) is 11.3. The predicted octanol–water partition coefficient (Wildman–Crippen LogP) is 1.81. The van der Waals surface area contributed by atoms with Crippen LogP contribution in [0.25, 0.3) is 0 Å². The second-order valence-electron chi connectivity index (χ2n) is 4.66. The number of amides is 1. The van der Waals surface area contributed by atoms with Crippen molar-refractivity contribution in [1.29, 1.82) is 0 Å². The molecule has 0 bridgehead atoms. The van der Waals surface area contributed by atoms with Crippen LogP contribution in [-0.4, -0.2) is 18.0 Å². The molecule has 0 aromatic carbocycles. The Morgan fingerprint density at radius 3 is 2.27 bits per heavy atom. The molecule has 88 valence electrons. The van der Waals surface area contributed by atoms with E-state index in [-0.39, 0.29) is 17.4 Å². The van der Waals surface area contributed by atoms with E-state index < -0.39 is 0 Å². The van der Waals surface area contributed by atoms with E-state index in [0.29, 0.717) is 6.54 Å². The molecule has 1 saturated carbocycles. The number of nitrogens with two attached hydrogens (primary N) is 1. The highest BCUT2D eigenvalue weighted by molar-refractivity contribution is 5.79. The summed E-state index contributed by atoms with van der Waals surface area (Å²) in [5.74, 6) is 0.468. The third-order valence-corrected chi connectivity index (χ3v) is 3.86. The molecule has 1 fully saturated rings. The van der Waals surface area contributed by atoms with Crippen LogP contribution in [0.3, 0.4) is 0 Å². The van der Waals surface area contributed by atoms with E-state index in [9.17, 15) is 4.79 Å². The van der Waals surface area contributed by atoms with Crippen molar-refractivity contribution in [3.63, 3.8) is 0 Å². The molecule has 1 aliphatic rings. The molecule has 0 saturated heterocycles. The first-order chi connectivity index (χ1) is 7.17. The predicted molar refractivity (Wildman–Crippen MR) is 62.5 cm³/mol. The molecule has 0 unspecified atom stereocenters. The Bertz CT molecular complexity index is 197. The summed E-state index contributed by atoms with van der Waals surface area (Å²) in [4.78, 5) is 12.0. The van der Waals surface area contributed by atoms with Crippen LogP contribution in [0.5, 0.6) is 0 Å². The molecule has 0 heterocycles. The average Bonchev–Trinajstić information content (AvgIpc) is 2.79. The Morgan fingerprint density at radius 2 is 1.87 bits per heavy atom. The number of carbonyl (C=O) groups is 1. The van der Waals surface area contributed by atoms with Gasteiger partial charge in [-0.1, -0.05) is 26.7 Å². The van der Waals surface area contributed by atoms with Crippen molar-refractivity contribution in [2.24, 2.45) is 11.7 Å². The smallest absolute Gasteiger partial charge is 0.223 e. The molecular formula is C12H24N2O. The van der Waals surface area contributed by atoms with Crippen LogP contribution in [-0.2, 0) is 4.79 Å². The maximum atomic E-state index is 12.0. The largest absolute Gasteiger partial charge is 0.349 e. The zero-order valence-corrected chi connectivity index (χ0v) is 10.0. The van der Waals surface area contributed by atoms with Crippen LogP contribution in [0, 0.1) is 5.92 Å². The number of carbonyl (C=O) groups excluding carboxylic acids is 1. The van der Waals surface area contributed by atoms with Crippen LogP contribution >= 0.6 is 0 Å². The van der Waals surface area contributed by atoms with E-state index in [0.717, 1.165) is 25.7 Å². The van der Waals surface area contributed by atoms with Crippen LogP contribution in [0.2, 0.25) is 0 Å². The minimum absolute atomic E-state index is 0.167. The summed E-state index contributed by atoms with van der Waals surface area (Å²) in [6.07, 6.45) is 6.34. The molecule has 0 aromatic heterocycles. The fourth-order valence-corrected chi connectivity index (χ4v) is 2.32. The van der Waals surface area contributed by atoms with Gasteiger partial charge in [0.05, 0.1) is 5.54 Å². The average molecular weight is 212 g/mol. The Balaban J connectivity index is 2.53. The third-order valence-electron chi connectivity index (χ3n) is 3.86. The highest BCUT2D eigenvalue weighted by atomic mass is 16.2. The van der Waals surface area contributed by atoms with Crippen molar-refractivity contribution in [2.75, 3.05) is 6.54 Å². The molecular weight excluding hydrogens is 188 g/mol. The quantitative estimate of drug-likeness (QED) is 0.730. The Labute approximate surface area is 92.8 Å². The van der Waals surface area contributed by atoms with E-state index in [4.69, 9.17) is 5.73 Å². The van der Waals surface area contributed by atoms with Crippen molar-refractivity contribution in [1.82, 2.24) is 5.32 Å². The van der Waals surface area contributed by atoms with E-state index in [1.807, 2.05) is 0 Å². The molecule has 15 heavy (non-hydrogen) atoms. The lowest BCUT2D eigenvalue weighted by molar-refractivity contribution is -0.126. The second-order valence-corrected chi connectivity index (χ2v) is 4.66. The summed E-state index contributed by atoms with van der Waals surface area (Å²) in [6, 6.07) is 0. The molecule has 1 amide bonds. The van der Waals surface area contributed by atoms with Gasteiger partial charge in [-0.15, -0.1) is 0 Å². The van der Waals surface area contributed by atoms with Gasteiger partial charge in [0, 0.05) is 12.5 Å². The first kappa shape index (κ1) is 12.5. The van der Waals surface area contributed by atoms with Crippen LogP contribution < -0.4 is 11.1 Å². The van der Waals surface area contributed by atoms with Gasteiger partial charge in [0.2, 0.25) is 5.91 Å². The maximum Gasteiger partial charge on any atom is 0.223 e. The zero-order valence-electron chi connectivity index (χ0n) is 10.0. The highest BCUT2D eigenvalue weighted by Gasteiger charge is 2.30. The standard InChI is InChI=1S/C12H24N2O/c1-3-12(4-2,9-13)14-11(15)10-7-5-6-8-10/h10H,3-9,13H2,1-2H3,(H,14,15). The van der Waals surface area contributed by atoms with Gasteiger partial charge in [0.15, 0.2) is 0 Å². The summed E-state index contributed by atoms with van der Waals surface area (Å²) < 4.78 is 0. The number of rotatable bonds is 5. The lowest BCUT2D eigenvalue weighted by atomic mass is 9.91. The van der Waals surface area contributed by atoms with Gasteiger partial charge in [-0.3, -0.25) is 4.79 Å². The number of hydrogen-bond acceptors (Lipinski definition) is 2. The summed E-state index contributed by atoms with van der Waals surface area (Å²) in [6.45, 7) is 4.72. The molecule has 1 rings (SSSR count). The SMILES string of the molecule is CCC(CC)(CN)NC(=O)C1CCCC1. The van der Waals surface area contributed by atoms with Crippen LogP contribution in [0.1, 0.15) is 52.4 Å². The Hall–Kier alpha value is -0.570. The second kappa shape index (κ2) is 5.50. The Morgan fingerprint density at radius 1 is 1.33 bits per heavy atom. The molecule has 3 nitrogen and oxygen atoms in total. The topological polar surface area (TPSA) is 55.1 Å². The summed E-state index contributed by atoms with van der Waals surface area (Å²) in [7, 11) is 0. The molecule has 0 aliphatic heterocycles. The Kier molecular flexibility index (Phi) is 4.58. The van der Waals surface area contributed by atoms with Gasteiger partial charge < -0.3 is 11.1 Å². The molecule has 0 spiro atoms. The minimum Gasteiger partial charge on any atom is -0.349 e. The molecule has 0 aromatic rings. The van der Waals surface area contributed by atoms with Crippen molar-refractivity contribution >= 4 is 5.91 Å². The lowest BCUT2D eigenvalue weighted by Gasteiger charge is -2.32. The van der Waals surface area contributed by atoms with E-state index in [1.54, 1.807) is 0 Å². The lowest BCUT2D eigenvalue weighted by Crippen LogP contribution is -2.54. The van der Waals surface area contributed by atoms with Crippen LogP contribution in [0.4, 0.5) is 0 Å².